The number of hydrogen-bond acceptors (Lipinski definition) is 5. The maximum Gasteiger partial charge on any atom is 0.335 e. The van der Waals surface area contributed by atoms with Gasteiger partial charge in [0.2, 0.25) is 0 Å². The molecule has 0 unspecified atom stereocenters. The zero-order valence-electron chi connectivity index (χ0n) is 13.4. The van der Waals surface area contributed by atoms with Gasteiger partial charge in [-0.3, -0.25) is 5.01 Å². The van der Waals surface area contributed by atoms with Crippen LogP contribution in [-0.4, -0.2) is 37.0 Å². The first-order valence-corrected chi connectivity index (χ1v) is 7.96. The Bertz CT molecular complexity index is 889. The van der Waals surface area contributed by atoms with Crippen LogP contribution in [0.15, 0.2) is 53.6 Å². The van der Waals surface area contributed by atoms with Crippen molar-refractivity contribution in [2.24, 2.45) is 5.10 Å². The maximum atomic E-state index is 11.1. The fourth-order valence-corrected chi connectivity index (χ4v) is 2.81. The summed E-state index contributed by atoms with van der Waals surface area (Å²) < 4.78 is 11.1. The molecule has 25 heavy (non-hydrogen) atoms. The van der Waals surface area contributed by atoms with Crippen molar-refractivity contribution in [2.45, 2.75) is 0 Å². The minimum absolute atomic E-state index is 0.265. The number of aromatic carboxylic acids is 1. The van der Waals surface area contributed by atoms with E-state index in [0.29, 0.717) is 19.8 Å². The standard InChI is InChI=1S/C19H16N2O4/c22-19(23)14-3-1-2-13(10-14)15-6-7-21(20-12-15)16-4-5-17-18(11-16)25-9-8-24-17/h1-6,10-12H,7-9H2,(H,22,23). The van der Waals surface area contributed by atoms with E-state index < -0.39 is 5.97 Å². The lowest BCUT2D eigenvalue weighted by molar-refractivity contribution is 0.0697. The molecule has 0 aliphatic carbocycles. The minimum atomic E-state index is -0.937. The van der Waals surface area contributed by atoms with Crippen molar-refractivity contribution in [2.75, 3.05) is 24.8 Å². The minimum Gasteiger partial charge on any atom is -0.486 e. The molecule has 0 saturated heterocycles. The topological polar surface area (TPSA) is 71.4 Å². The lowest BCUT2D eigenvalue weighted by Gasteiger charge is -2.24. The molecule has 4 rings (SSSR count). The van der Waals surface area contributed by atoms with Gasteiger partial charge in [-0.25, -0.2) is 4.79 Å². The van der Waals surface area contributed by atoms with Crippen LogP contribution in [0.4, 0.5) is 5.69 Å². The molecule has 2 heterocycles. The fraction of sp³-hybridized carbons (Fsp3) is 0.158. The van der Waals surface area contributed by atoms with E-state index in [1.165, 1.54) is 0 Å². The fourth-order valence-electron chi connectivity index (χ4n) is 2.81. The second kappa shape index (κ2) is 6.32. The molecule has 2 aliphatic heterocycles. The lowest BCUT2D eigenvalue weighted by Crippen LogP contribution is -2.21. The molecule has 0 radical (unpaired) electrons. The number of carboxylic acid groups (broad SMARTS) is 1. The number of carboxylic acids is 1. The number of hydrazone groups is 1. The number of fused-ring (bicyclic) bond motifs is 1. The van der Waals surface area contributed by atoms with E-state index in [1.807, 2.05) is 35.4 Å². The molecular formula is C19H16N2O4. The Hall–Kier alpha value is -3.28. The molecule has 0 aromatic heterocycles. The third-order valence-corrected chi connectivity index (χ3v) is 4.09. The molecular weight excluding hydrogens is 320 g/mol. The van der Waals surface area contributed by atoms with E-state index in [4.69, 9.17) is 14.6 Å². The summed E-state index contributed by atoms with van der Waals surface area (Å²) in [6, 6.07) is 12.6. The van der Waals surface area contributed by atoms with E-state index in [-0.39, 0.29) is 5.56 Å². The average Bonchev–Trinajstić information content (AvgIpc) is 2.68. The number of anilines is 1. The molecule has 0 bridgehead atoms. The molecule has 0 spiro atoms. The molecule has 2 aromatic carbocycles. The van der Waals surface area contributed by atoms with Crippen LogP contribution >= 0.6 is 0 Å². The monoisotopic (exact) mass is 336 g/mol. The lowest BCUT2D eigenvalue weighted by atomic mass is 10.0. The van der Waals surface area contributed by atoms with Crippen molar-refractivity contribution in [3.63, 3.8) is 0 Å². The van der Waals surface area contributed by atoms with Gasteiger partial charge in [0.25, 0.3) is 0 Å². The van der Waals surface area contributed by atoms with Crippen molar-refractivity contribution < 1.29 is 19.4 Å². The molecule has 6 nitrogen and oxygen atoms in total. The van der Waals surface area contributed by atoms with Crippen molar-refractivity contribution in [1.29, 1.82) is 0 Å². The van der Waals surface area contributed by atoms with Crippen LogP contribution in [0.5, 0.6) is 11.5 Å². The summed E-state index contributed by atoms with van der Waals surface area (Å²) in [5.74, 6) is 0.536. The van der Waals surface area contributed by atoms with Crippen molar-refractivity contribution >= 4 is 23.4 Å². The first-order chi connectivity index (χ1) is 12.2. The molecule has 126 valence electrons. The van der Waals surface area contributed by atoms with Gasteiger partial charge in [-0.2, -0.15) is 5.10 Å². The van der Waals surface area contributed by atoms with Gasteiger partial charge >= 0.3 is 5.97 Å². The highest BCUT2D eigenvalue weighted by Gasteiger charge is 2.16. The van der Waals surface area contributed by atoms with Crippen LogP contribution in [0.1, 0.15) is 15.9 Å². The van der Waals surface area contributed by atoms with Crippen molar-refractivity contribution in [3.8, 4) is 11.5 Å². The van der Waals surface area contributed by atoms with Crippen LogP contribution in [0.3, 0.4) is 0 Å². The molecule has 2 aromatic rings. The molecule has 0 fully saturated rings. The number of benzene rings is 2. The Balaban J connectivity index is 1.54. The first-order valence-electron chi connectivity index (χ1n) is 7.96. The average molecular weight is 336 g/mol. The molecule has 0 saturated carbocycles. The second-order valence-corrected chi connectivity index (χ2v) is 5.70. The van der Waals surface area contributed by atoms with Gasteiger partial charge in [0.15, 0.2) is 11.5 Å². The number of carbonyl (C=O) groups is 1. The normalized spacial score (nSPS) is 15.7. The van der Waals surface area contributed by atoms with Crippen LogP contribution in [0.25, 0.3) is 5.57 Å². The highest BCUT2D eigenvalue weighted by Crippen LogP contribution is 2.34. The summed E-state index contributed by atoms with van der Waals surface area (Å²) in [7, 11) is 0. The number of allylic oxidation sites excluding steroid dienone is 1. The van der Waals surface area contributed by atoms with Crippen molar-refractivity contribution in [1.82, 2.24) is 0 Å². The number of nitrogens with zero attached hydrogens (tertiary/aromatic N) is 2. The molecule has 0 amide bonds. The van der Waals surface area contributed by atoms with Crippen LogP contribution in [0, 0.1) is 0 Å². The smallest absolute Gasteiger partial charge is 0.335 e. The summed E-state index contributed by atoms with van der Waals surface area (Å²) in [5, 5.41) is 15.4. The van der Waals surface area contributed by atoms with E-state index in [1.54, 1.807) is 24.4 Å². The quantitative estimate of drug-likeness (QED) is 0.933. The zero-order chi connectivity index (χ0) is 17.2. The third kappa shape index (κ3) is 3.06. The first kappa shape index (κ1) is 15.3. The van der Waals surface area contributed by atoms with Crippen LogP contribution in [-0.2, 0) is 0 Å². The van der Waals surface area contributed by atoms with E-state index in [2.05, 4.69) is 5.10 Å². The summed E-state index contributed by atoms with van der Waals surface area (Å²) in [4.78, 5) is 11.1. The maximum absolute atomic E-state index is 11.1. The molecule has 1 N–H and O–H groups in total. The highest BCUT2D eigenvalue weighted by molar-refractivity contribution is 6.11. The van der Waals surface area contributed by atoms with Gasteiger partial charge in [-0.1, -0.05) is 18.2 Å². The summed E-state index contributed by atoms with van der Waals surface area (Å²) in [5.41, 5.74) is 2.92. The predicted molar refractivity (Wildman–Crippen MR) is 94.6 cm³/mol. The summed E-state index contributed by atoms with van der Waals surface area (Å²) >= 11 is 0. The van der Waals surface area contributed by atoms with Gasteiger partial charge < -0.3 is 14.6 Å². The van der Waals surface area contributed by atoms with E-state index in [0.717, 1.165) is 28.3 Å². The Labute approximate surface area is 144 Å². The van der Waals surface area contributed by atoms with Gasteiger partial charge in [-0.15, -0.1) is 0 Å². The Kier molecular flexibility index (Phi) is 3.85. The second-order valence-electron chi connectivity index (χ2n) is 5.70. The van der Waals surface area contributed by atoms with E-state index in [9.17, 15) is 4.79 Å². The Morgan fingerprint density at radius 3 is 2.68 bits per heavy atom. The number of ether oxygens (including phenoxy) is 2. The predicted octanol–water partition coefficient (Wildman–Crippen LogP) is 3.05. The zero-order valence-corrected chi connectivity index (χ0v) is 13.4. The summed E-state index contributed by atoms with van der Waals surface area (Å²) in [6.45, 7) is 1.70. The largest absolute Gasteiger partial charge is 0.486 e. The van der Waals surface area contributed by atoms with Crippen LogP contribution in [0.2, 0.25) is 0 Å². The summed E-state index contributed by atoms with van der Waals surface area (Å²) in [6.07, 6.45) is 3.76. The van der Waals surface area contributed by atoms with Gasteiger partial charge in [0, 0.05) is 6.07 Å². The SMILES string of the molecule is O=C(O)c1cccc(C2=CCN(c3ccc4c(c3)OCCO4)N=C2)c1. The molecule has 0 atom stereocenters. The Morgan fingerprint density at radius 2 is 1.92 bits per heavy atom. The van der Waals surface area contributed by atoms with Gasteiger partial charge in [0.05, 0.1) is 24.0 Å². The van der Waals surface area contributed by atoms with Gasteiger partial charge in [-0.05, 0) is 35.4 Å². The van der Waals surface area contributed by atoms with E-state index >= 15 is 0 Å². The molecule has 2 aliphatic rings. The number of rotatable bonds is 3. The van der Waals surface area contributed by atoms with Gasteiger partial charge in [0.1, 0.15) is 13.2 Å². The highest BCUT2D eigenvalue weighted by atomic mass is 16.6. The number of hydrogen-bond donors (Lipinski definition) is 1. The Morgan fingerprint density at radius 1 is 1.08 bits per heavy atom. The third-order valence-electron chi connectivity index (χ3n) is 4.09. The van der Waals surface area contributed by atoms with Crippen molar-refractivity contribution in [3.05, 3.63) is 59.7 Å². The van der Waals surface area contributed by atoms with Crippen LogP contribution < -0.4 is 14.5 Å². The molecule has 6 heteroatoms.